The number of rotatable bonds is 4. The molecule has 0 amide bonds. The molecule has 5 nitrogen and oxygen atoms in total. The third-order valence-electron chi connectivity index (χ3n) is 9.92. The van der Waals surface area contributed by atoms with E-state index < -0.39 is 11.6 Å². The van der Waals surface area contributed by atoms with E-state index >= 15 is 0 Å². The first-order chi connectivity index (χ1) is 14.1. The number of esters is 1. The molecule has 0 aliphatic heterocycles. The fourth-order valence-corrected chi connectivity index (χ4v) is 8.13. The summed E-state index contributed by atoms with van der Waals surface area (Å²) in [5.41, 5.74) is -0.959. The lowest BCUT2D eigenvalue weighted by molar-refractivity contribution is -0.166. The van der Waals surface area contributed by atoms with Gasteiger partial charge in [-0.15, -0.1) is 0 Å². The van der Waals surface area contributed by atoms with E-state index in [1.807, 2.05) is 6.92 Å². The summed E-state index contributed by atoms with van der Waals surface area (Å²) in [7, 11) is 0. The molecule has 5 heteroatoms. The highest BCUT2D eigenvalue weighted by molar-refractivity contribution is 5.80. The Hall–Kier alpha value is -1.36. The van der Waals surface area contributed by atoms with Crippen LogP contribution in [0.2, 0.25) is 0 Å². The zero-order chi connectivity index (χ0) is 21.7. The fourth-order valence-electron chi connectivity index (χ4n) is 8.13. The summed E-state index contributed by atoms with van der Waals surface area (Å²) in [6.45, 7) is 6.52. The second-order valence-electron chi connectivity index (χ2n) is 11.0. The number of hydrogen-bond acceptors (Lipinski definition) is 4. The van der Waals surface area contributed by atoms with Crippen molar-refractivity contribution in [3.05, 3.63) is 12.2 Å². The Kier molecular flexibility index (Phi) is 5.57. The van der Waals surface area contributed by atoms with Crippen molar-refractivity contribution in [3.63, 3.8) is 0 Å². The molecule has 4 rings (SSSR count). The minimum absolute atomic E-state index is 0.0784. The molecular formula is C25H38O5. The Bertz CT molecular complexity index is 731. The van der Waals surface area contributed by atoms with Crippen molar-refractivity contribution in [3.8, 4) is 0 Å². The normalized spacial score (nSPS) is 47.9. The van der Waals surface area contributed by atoms with E-state index in [0.29, 0.717) is 36.5 Å². The second-order valence-corrected chi connectivity index (χ2v) is 11.0. The summed E-state index contributed by atoms with van der Waals surface area (Å²) in [5, 5.41) is 20.5. The predicted molar refractivity (Wildman–Crippen MR) is 114 cm³/mol. The Morgan fingerprint density at radius 3 is 2.47 bits per heavy atom. The molecule has 0 saturated heterocycles. The molecule has 4 fully saturated rings. The average Bonchev–Trinajstić information content (AvgIpc) is 2.98. The molecule has 0 aromatic heterocycles. The highest BCUT2D eigenvalue weighted by Gasteiger charge is 2.64. The topological polar surface area (TPSA) is 83.8 Å². The van der Waals surface area contributed by atoms with Gasteiger partial charge in [-0.25, -0.2) is 4.79 Å². The summed E-state index contributed by atoms with van der Waals surface area (Å²) < 4.78 is 5.70. The van der Waals surface area contributed by atoms with Crippen molar-refractivity contribution in [1.29, 1.82) is 0 Å². The van der Waals surface area contributed by atoms with Crippen LogP contribution in [0.15, 0.2) is 12.2 Å². The highest BCUT2D eigenvalue weighted by atomic mass is 16.5. The molecule has 0 heterocycles. The van der Waals surface area contributed by atoms with E-state index in [0.717, 1.165) is 44.6 Å². The molecule has 0 unspecified atom stereocenters. The van der Waals surface area contributed by atoms with Crippen LogP contribution in [-0.4, -0.2) is 33.9 Å². The van der Waals surface area contributed by atoms with E-state index in [4.69, 9.17) is 9.84 Å². The Labute approximate surface area is 180 Å². The first-order valence-electron chi connectivity index (χ1n) is 12.0. The van der Waals surface area contributed by atoms with Crippen LogP contribution < -0.4 is 0 Å². The molecular weight excluding hydrogens is 380 g/mol. The molecule has 4 aliphatic carbocycles. The van der Waals surface area contributed by atoms with Gasteiger partial charge in [-0.05, 0) is 93.0 Å². The van der Waals surface area contributed by atoms with Gasteiger partial charge in [0.2, 0.25) is 0 Å². The highest BCUT2D eigenvalue weighted by Crippen LogP contribution is 2.68. The smallest absolute Gasteiger partial charge is 0.328 e. The zero-order valence-corrected chi connectivity index (χ0v) is 18.7. The largest absolute Gasteiger partial charge is 0.478 e. The first kappa shape index (κ1) is 21.9. The number of carbonyl (C=O) groups is 2. The predicted octanol–water partition coefficient (Wildman–Crippen LogP) is 4.72. The van der Waals surface area contributed by atoms with Crippen LogP contribution in [0.25, 0.3) is 0 Å². The number of carboxylic acid groups (broad SMARTS) is 1. The van der Waals surface area contributed by atoms with Gasteiger partial charge in [-0.3, -0.25) is 4.79 Å². The summed E-state index contributed by atoms with van der Waals surface area (Å²) in [5.74, 6) is 1.25. The van der Waals surface area contributed by atoms with Crippen LogP contribution in [0.1, 0.15) is 85.0 Å². The van der Waals surface area contributed by atoms with Gasteiger partial charge in [-0.1, -0.05) is 20.8 Å². The van der Waals surface area contributed by atoms with Crippen LogP contribution in [-0.2, 0) is 14.3 Å². The summed E-state index contributed by atoms with van der Waals surface area (Å²) in [6.07, 6.45) is 12.4. The Morgan fingerprint density at radius 1 is 1.03 bits per heavy atom. The fraction of sp³-hybridized carbons (Fsp3) is 0.840. The number of hydrogen-bond donors (Lipinski definition) is 2. The van der Waals surface area contributed by atoms with Crippen LogP contribution >= 0.6 is 0 Å². The maximum absolute atomic E-state index is 11.8. The van der Waals surface area contributed by atoms with E-state index in [2.05, 4.69) is 13.8 Å². The Morgan fingerprint density at radius 2 is 1.77 bits per heavy atom. The van der Waals surface area contributed by atoms with Gasteiger partial charge in [0.15, 0.2) is 0 Å². The van der Waals surface area contributed by atoms with E-state index in [-0.39, 0.29) is 22.9 Å². The van der Waals surface area contributed by atoms with E-state index in [1.54, 1.807) is 6.08 Å². The molecule has 0 aromatic carbocycles. The van der Waals surface area contributed by atoms with Gasteiger partial charge in [-0.2, -0.15) is 0 Å². The summed E-state index contributed by atoms with van der Waals surface area (Å²) in [6, 6.07) is 0. The van der Waals surface area contributed by atoms with Crippen molar-refractivity contribution in [2.75, 3.05) is 0 Å². The lowest BCUT2D eigenvalue weighted by Crippen LogP contribution is -2.56. The van der Waals surface area contributed by atoms with Crippen molar-refractivity contribution in [2.24, 2.45) is 34.5 Å². The monoisotopic (exact) mass is 418 g/mol. The molecule has 168 valence electrons. The molecule has 4 saturated carbocycles. The molecule has 0 aromatic rings. The summed E-state index contributed by atoms with van der Waals surface area (Å²) in [4.78, 5) is 22.9. The van der Waals surface area contributed by atoms with Crippen LogP contribution in [0.4, 0.5) is 0 Å². The van der Waals surface area contributed by atoms with Gasteiger partial charge in [0.1, 0.15) is 6.10 Å². The van der Waals surface area contributed by atoms with Crippen molar-refractivity contribution >= 4 is 11.9 Å². The van der Waals surface area contributed by atoms with E-state index in [9.17, 15) is 14.7 Å². The van der Waals surface area contributed by atoms with Crippen molar-refractivity contribution in [2.45, 2.75) is 96.7 Å². The molecule has 0 bridgehead atoms. The standard InChI is InChI=1S/C25H38O5/c1-4-22(28)30-17-7-11-23(2)16(15-17)5-6-18-19(23)8-12-24(3)20(18)9-13-25(24,29)14-10-21(26)27/h10,14,16-20,29H,4-9,11-13,15H2,1-3H3,(H,26,27)/b14-10+/t16-,17-,18+,19-,20-,23-,24-,25+/m0/s1. The molecule has 30 heavy (non-hydrogen) atoms. The maximum atomic E-state index is 11.8. The quantitative estimate of drug-likeness (QED) is 0.510. The van der Waals surface area contributed by atoms with Crippen molar-refractivity contribution in [1.82, 2.24) is 0 Å². The number of carboxylic acids is 1. The van der Waals surface area contributed by atoms with E-state index in [1.165, 1.54) is 12.8 Å². The maximum Gasteiger partial charge on any atom is 0.328 e. The lowest BCUT2D eigenvalue weighted by Gasteiger charge is -2.61. The Balaban J connectivity index is 1.52. The molecule has 8 atom stereocenters. The van der Waals surface area contributed by atoms with Crippen LogP contribution in [0.5, 0.6) is 0 Å². The number of carbonyl (C=O) groups excluding carboxylic acids is 1. The number of aliphatic carboxylic acids is 1. The van der Waals surface area contributed by atoms with Gasteiger partial charge >= 0.3 is 11.9 Å². The first-order valence-corrected chi connectivity index (χ1v) is 12.0. The number of aliphatic hydroxyl groups is 1. The minimum Gasteiger partial charge on any atom is -0.478 e. The summed E-state index contributed by atoms with van der Waals surface area (Å²) >= 11 is 0. The van der Waals surface area contributed by atoms with Gasteiger partial charge in [0.05, 0.1) is 5.60 Å². The second kappa shape index (κ2) is 7.65. The zero-order valence-electron chi connectivity index (χ0n) is 18.7. The number of ether oxygens (including phenoxy) is 1. The lowest BCUT2D eigenvalue weighted by atomic mass is 9.44. The van der Waals surface area contributed by atoms with Crippen molar-refractivity contribution < 1.29 is 24.5 Å². The van der Waals surface area contributed by atoms with Gasteiger partial charge < -0.3 is 14.9 Å². The SMILES string of the molecule is CCC(=O)O[C@H]1CC[C@@]2(C)[C@@H](CC[C@@H]3[C@@H]2CC[C@@]2(C)[C@H]3CC[C@@]2(O)/C=C/C(=O)O)C1. The van der Waals surface area contributed by atoms with Gasteiger partial charge in [0.25, 0.3) is 0 Å². The third kappa shape index (κ3) is 3.32. The molecule has 0 spiro atoms. The molecule has 4 aliphatic rings. The van der Waals surface area contributed by atoms with Crippen LogP contribution in [0, 0.1) is 34.5 Å². The average molecular weight is 419 g/mol. The number of fused-ring (bicyclic) bond motifs is 5. The third-order valence-corrected chi connectivity index (χ3v) is 9.92. The van der Waals surface area contributed by atoms with Crippen LogP contribution in [0.3, 0.4) is 0 Å². The minimum atomic E-state index is -1.01. The van der Waals surface area contributed by atoms with Gasteiger partial charge in [0, 0.05) is 17.9 Å². The molecule has 0 radical (unpaired) electrons. The molecule has 2 N–H and O–H groups in total.